The Morgan fingerprint density at radius 3 is 2.82 bits per heavy atom. The number of benzene rings is 1. The van der Waals surface area contributed by atoms with E-state index in [0.29, 0.717) is 5.13 Å². The van der Waals surface area contributed by atoms with Gasteiger partial charge in [0.1, 0.15) is 18.0 Å². The maximum atomic E-state index is 13.5. The average Bonchev–Trinajstić information content (AvgIpc) is 2.82. The summed E-state index contributed by atoms with van der Waals surface area (Å²) in [7, 11) is 0. The van der Waals surface area contributed by atoms with Gasteiger partial charge in [-0.15, -0.1) is 11.6 Å². The standard InChI is InChI=1S/C9H6ClF2N3S2/c10-3-5-1-7(12)8(2-6(5)11)16-15-9-13-4-14-17-9/h1-2,4H,3H2,(H,13,14,15). The lowest BCUT2D eigenvalue weighted by atomic mass is 10.2. The van der Waals surface area contributed by atoms with Gasteiger partial charge in [0.25, 0.3) is 0 Å². The van der Waals surface area contributed by atoms with Gasteiger partial charge in [0.2, 0.25) is 5.13 Å². The molecule has 0 bridgehead atoms. The van der Waals surface area contributed by atoms with Gasteiger partial charge in [-0.25, -0.2) is 13.8 Å². The van der Waals surface area contributed by atoms with Crippen molar-refractivity contribution in [3.63, 3.8) is 0 Å². The molecule has 1 N–H and O–H groups in total. The Morgan fingerprint density at radius 2 is 2.18 bits per heavy atom. The first-order chi connectivity index (χ1) is 8.20. The second-order valence-electron chi connectivity index (χ2n) is 2.96. The predicted octanol–water partition coefficient (Wildman–Crippen LogP) is 3.67. The molecule has 90 valence electrons. The van der Waals surface area contributed by atoms with Gasteiger partial charge in [-0.05, 0) is 24.1 Å². The third-order valence-electron chi connectivity index (χ3n) is 1.85. The van der Waals surface area contributed by atoms with Crippen LogP contribution in [0.1, 0.15) is 5.56 Å². The normalized spacial score (nSPS) is 10.5. The van der Waals surface area contributed by atoms with Crippen LogP contribution >= 0.6 is 35.1 Å². The zero-order valence-corrected chi connectivity index (χ0v) is 10.7. The van der Waals surface area contributed by atoms with E-state index in [0.717, 1.165) is 35.6 Å². The fourth-order valence-electron chi connectivity index (χ4n) is 1.07. The minimum Gasteiger partial charge on any atom is -0.300 e. The minimum absolute atomic E-state index is 0.0580. The molecule has 2 aromatic rings. The van der Waals surface area contributed by atoms with Crippen LogP contribution in [0.25, 0.3) is 0 Å². The minimum atomic E-state index is -0.525. The van der Waals surface area contributed by atoms with Gasteiger partial charge in [0.15, 0.2) is 0 Å². The molecule has 1 aromatic heterocycles. The molecule has 0 fully saturated rings. The smallest absolute Gasteiger partial charge is 0.212 e. The number of hydrogen-bond acceptors (Lipinski definition) is 5. The second kappa shape index (κ2) is 5.61. The molecule has 0 saturated heterocycles. The Balaban J connectivity index is 2.13. The zero-order valence-electron chi connectivity index (χ0n) is 8.28. The molecule has 17 heavy (non-hydrogen) atoms. The van der Waals surface area contributed by atoms with Crippen molar-refractivity contribution in [1.82, 2.24) is 9.36 Å². The summed E-state index contributed by atoms with van der Waals surface area (Å²) in [5.41, 5.74) is 0.143. The van der Waals surface area contributed by atoms with Gasteiger partial charge < -0.3 is 4.72 Å². The molecule has 0 aliphatic heterocycles. The van der Waals surface area contributed by atoms with E-state index in [1.54, 1.807) is 0 Å². The van der Waals surface area contributed by atoms with Crippen molar-refractivity contribution in [2.45, 2.75) is 10.8 Å². The van der Waals surface area contributed by atoms with Crippen molar-refractivity contribution in [2.75, 3.05) is 4.72 Å². The van der Waals surface area contributed by atoms with Gasteiger partial charge in [-0.3, -0.25) is 0 Å². The van der Waals surface area contributed by atoms with Crippen molar-refractivity contribution in [1.29, 1.82) is 0 Å². The van der Waals surface area contributed by atoms with Crippen molar-refractivity contribution in [3.8, 4) is 0 Å². The highest BCUT2D eigenvalue weighted by molar-refractivity contribution is 8.00. The molecule has 3 nitrogen and oxygen atoms in total. The Kier molecular flexibility index (Phi) is 4.14. The summed E-state index contributed by atoms with van der Waals surface area (Å²) in [6, 6.07) is 2.19. The van der Waals surface area contributed by atoms with Crippen LogP contribution < -0.4 is 4.72 Å². The molecule has 0 amide bonds. The number of rotatable bonds is 4. The molecule has 0 aliphatic rings. The van der Waals surface area contributed by atoms with Gasteiger partial charge in [0.05, 0.1) is 10.8 Å². The lowest BCUT2D eigenvalue weighted by Crippen LogP contribution is -1.94. The lowest BCUT2D eigenvalue weighted by molar-refractivity contribution is 0.570. The highest BCUT2D eigenvalue weighted by atomic mass is 35.5. The third-order valence-corrected chi connectivity index (χ3v) is 3.68. The Labute approximate surface area is 110 Å². The lowest BCUT2D eigenvalue weighted by Gasteiger charge is -2.05. The molecular weight excluding hydrogens is 288 g/mol. The van der Waals surface area contributed by atoms with E-state index in [9.17, 15) is 8.78 Å². The first-order valence-corrected chi connectivity index (χ1v) is 6.56. The quantitative estimate of drug-likeness (QED) is 0.689. The third kappa shape index (κ3) is 3.05. The van der Waals surface area contributed by atoms with Crippen LogP contribution in [0, 0.1) is 11.6 Å². The SMILES string of the molecule is Fc1cc(SNc2ncns2)c(F)cc1CCl. The molecule has 1 aromatic carbocycles. The Hall–Kier alpha value is -0.920. The number of anilines is 1. The molecule has 0 atom stereocenters. The summed E-state index contributed by atoms with van der Waals surface area (Å²) in [4.78, 5) is 4.00. The Morgan fingerprint density at radius 1 is 1.35 bits per heavy atom. The van der Waals surface area contributed by atoms with Crippen molar-refractivity contribution in [3.05, 3.63) is 35.7 Å². The van der Waals surface area contributed by atoms with Gasteiger partial charge in [0, 0.05) is 17.1 Å². The molecule has 0 aliphatic carbocycles. The molecule has 8 heteroatoms. The van der Waals surface area contributed by atoms with E-state index in [1.165, 1.54) is 6.33 Å². The number of aromatic nitrogens is 2. The van der Waals surface area contributed by atoms with Gasteiger partial charge in [-0.1, -0.05) is 0 Å². The molecule has 1 heterocycles. The summed E-state index contributed by atoms with van der Waals surface area (Å²) < 4.78 is 33.4. The van der Waals surface area contributed by atoms with Crippen molar-refractivity contribution in [2.24, 2.45) is 0 Å². The van der Waals surface area contributed by atoms with E-state index in [2.05, 4.69) is 14.1 Å². The number of nitrogens with zero attached hydrogens (tertiary/aromatic N) is 2. The van der Waals surface area contributed by atoms with Crippen LogP contribution in [0.5, 0.6) is 0 Å². The molecule has 0 saturated carbocycles. The van der Waals surface area contributed by atoms with Gasteiger partial charge >= 0.3 is 0 Å². The van der Waals surface area contributed by atoms with E-state index in [-0.39, 0.29) is 16.3 Å². The van der Waals surface area contributed by atoms with Crippen molar-refractivity contribution >= 4 is 40.2 Å². The fourth-order valence-corrected chi connectivity index (χ4v) is 2.40. The maximum absolute atomic E-state index is 13.5. The molecule has 0 spiro atoms. The Bertz CT molecular complexity index is 507. The van der Waals surface area contributed by atoms with Crippen LogP contribution in [-0.2, 0) is 5.88 Å². The molecular formula is C9H6ClF2N3S2. The molecule has 2 rings (SSSR count). The number of hydrogen-bond donors (Lipinski definition) is 1. The monoisotopic (exact) mass is 293 g/mol. The van der Waals surface area contributed by atoms with Crippen molar-refractivity contribution < 1.29 is 8.78 Å². The second-order valence-corrected chi connectivity index (χ2v) is 4.85. The highest BCUT2D eigenvalue weighted by Gasteiger charge is 2.10. The predicted molar refractivity (Wildman–Crippen MR) is 65.3 cm³/mol. The first-order valence-electron chi connectivity index (χ1n) is 4.44. The fraction of sp³-hybridized carbons (Fsp3) is 0.111. The molecule has 0 unspecified atom stereocenters. The maximum Gasteiger partial charge on any atom is 0.212 e. The zero-order chi connectivity index (χ0) is 12.3. The van der Waals surface area contributed by atoms with Crippen LogP contribution in [0.4, 0.5) is 13.9 Å². The summed E-state index contributed by atoms with van der Waals surface area (Å²) in [5.74, 6) is -1.11. The number of nitrogens with one attached hydrogen (secondary N) is 1. The van der Waals surface area contributed by atoms with Crippen LogP contribution in [-0.4, -0.2) is 9.36 Å². The van der Waals surface area contributed by atoms with E-state index in [1.807, 2.05) is 0 Å². The summed E-state index contributed by atoms with van der Waals surface area (Å²) in [6.45, 7) is 0. The van der Waals surface area contributed by atoms with Crippen LogP contribution in [0.3, 0.4) is 0 Å². The average molecular weight is 294 g/mol. The van der Waals surface area contributed by atoms with Gasteiger partial charge in [-0.2, -0.15) is 4.37 Å². The summed E-state index contributed by atoms with van der Waals surface area (Å²) >= 11 is 7.54. The first kappa shape index (κ1) is 12.5. The largest absolute Gasteiger partial charge is 0.300 e. The number of halogens is 3. The highest BCUT2D eigenvalue weighted by Crippen LogP contribution is 2.26. The summed E-state index contributed by atoms with van der Waals surface area (Å²) in [5, 5.41) is 0.524. The van der Waals surface area contributed by atoms with E-state index < -0.39 is 11.6 Å². The molecule has 0 radical (unpaired) electrons. The van der Waals surface area contributed by atoms with Crippen LogP contribution in [0.2, 0.25) is 0 Å². The van der Waals surface area contributed by atoms with E-state index in [4.69, 9.17) is 11.6 Å². The topological polar surface area (TPSA) is 37.8 Å². The number of alkyl halides is 1. The summed E-state index contributed by atoms with van der Waals surface area (Å²) in [6.07, 6.45) is 1.38. The van der Waals surface area contributed by atoms with Crippen LogP contribution in [0.15, 0.2) is 23.4 Å². The van der Waals surface area contributed by atoms with E-state index >= 15 is 0 Å².